The van der Waals surface area contributed by atoms with Gasteiger partial charge in [-0.2, -0.15) is 18.2 Å². The summed E-state index contributed by atoms with van der Waals surface area (Å²) in [6.45, 7) is 0.826. The van der Waals surface area contributed by atoms with Crippen LogP contribution in [0.4, 0.5) is 5.69 Å². The Bertz CT molecular complexity index is 793. The van der Waals surface area contributed by atoms with E-state index >= 15 is 0 Å². The molecule has 3 aromatic rings. The van der Waals surface area contributed by atoms with E-state index < -0.39 is 0 Å². The van der Waals surface area contributed by atoms with E-state index in [2.05, 4.69) is 47.4 Å². The van der Waals surface area contributed by atoms with Gasteiger partial charge in [0.1, 0.15) is 5.58 Å². The Morgan fingerprint density at radius 2 is 1.95 bits per heavy atom. The molecule has 20 heavy (non-hydrogen) atoms. The Labute approximate surface area is 130 Å². The number of fused-ring (bicyclic) bond motifs is 3. The van der Waals surface area contributed by atoms with Crippen molar-refractivity contribution in [2.45, 2.75) is 0 Å². The van der Waals surface area contributed by atoms with Crippen molar-refractivity contribution in [1.82, 2.24) is 4.90 Å². The van der Waals surface area contributed by atoms with Gasteiger partial charge in [0.25, 0.3) is 0 Å². The van der Waals surface area contributed by atoms with E-state index in [4.69, 9.17) is 4.42 Å². The molecule has 0 N–H and O–H groups in total. The van der Waals surface area contributed by atoms with Crippen LogP contribution in [0.5, 0.6) is 0 Å². The SMILES string of the molecule is CN1C=CN(c2[c-]ccc3c2oc2ccccc23)C1.[Ir]. The number of para-hydroxylation sites is 1. The second kappa shape index (κ2) is 4.97. The molecule has 1 radical (unpaired) electrons. The molecule has 2 aromatic carbocycles. The van der Waals surface area contributed by atoms with Crippen LogP contribution in [-0.2, 0) is 20.1 Å². The van der Waals surface area contributed by atoms with E-state index in [-0.39, 0.29) is 20.1 Å². The van der Waals surface area contributed by atoms with Gasteiger partial charge in [0.15, 0.2) is 0 Å². The summed E-state index contributed by atoms with van der Waals surface area (Å²) in [6, 6.07) is 15.5. The van der Waals surface area contributed by atoms with Crippen LogP contribution in [0.1, 0.15) is 0 Å². The molecule has 1 aliphatic rings. The third-order valence-corrected chi connectivity index (χ3v) is 3.48. The molecular weight excluding hydrogens is 428 g/mol. The average molecular weight is 442 g/mol. The molecule has 0 unspecified atom stereocenters. The predicted molar refractivity (Wildman–Crippen MR) is 76.8 cm³/mol. The molecule has 0 saturated carbocycles. The van der Waals surface area contributed by atoms with Crippen molar-refractivity contribution in [3.8, 4) is 0 Å². The van der Waals surface area contributed by atoms with Gasteiger partial charge < -0.3 is 14.2 Å². The second-order valence-corrected chi connectivity index (χ2v) is 4.83. The van der Waals surface area contributed by atoms with Crippen molar-refractivity contribution in [3.63, 3.8) is 0 Å². The summed E-state index contributed by atoms with van der Waals surface area (Å²) in [6.07, 6.45) is 4.10. The van der Waals surface area contributed by atoms with Gasteiger partial charge in [-0.05, 0) is 11.8 Å². The van der Waals surface area contributed by atoms with Crippen LogP contribution in [0.25, 0.3) is 21.9 Å². The van der Waals surface area contributed by atoms with E-state index in [1.807, 2.05) is 24.3 Å². The molecule has 3 nitrogen and oxygen atoms in total. The average Bonchev–Trinajstić information content (AvgIpc) is 3.02. The predicted octanol–water partition coefficient (Wildman–Crippen LogP) is 3.56. The van der Waals surface area contributed by atoms with E-state index in [1.54, 1.807) is 0 Å². The molecule has 0 atom stereocenters. The molecule has 4 rings (SSSR count). The Kier molecular flexibility index (Phi) is 3.28. The maximum Gasteiger partial charge on any atom is 0.116 e. The molecule has 103 valence electrons. The van der Waals surface area contributed by atoms with Gasteiger partial charge in [-0.1, -0.05) is 23.6 Å². The summed E-state index contributed by atoms with van der Waals surface area (Å²) < 4.78 is 6.01. The van der Waals surface area contributed by atoms with Crippen molar-refractivity contribution in [2.75, 3.05) is 18.6 Å². The molecule has 0 bridgehead atoms. The standard InChI is InChI=1S/C16H13N2O.Ir/c1-17-9-10-18(11-17)14-7-4-6-13-12-5-2-3-8-15(12)19-16(13)14;/h2-6,8-10H,11H2,1H3;/q-1;. The number of hydrogen-bond donors (Lipinski definition) is 0. The first-order valence-corrected chi connectivity index (χ1v) is 6.30. The molecule has 0 saturated heterocycles. The summed E-state index contributed by atoms with van der Waals surface area (Å²) in [5.41, 5.74) is 2.83. The molecule has 0 fully saturated rings. The molecule has 0 amide bonds. The quantitative estimate of drug-likeness (QED) is 0.539. The van der Waals surface area contributed by atoms with E-state index in [0.717, 1.165) is 34.3 Å². The normalized spacial score (nSPS) is 14.2. The first-order chi connectivity index (χ1) is 9.33. The fourth-order valence-corrected chi connectivity index (χ4v) is 2.56. The van der Waals surface area contributed by atoms with Crippen molar-refractivity contribution >= 4 is 27.6 Å². The second-order valence-electron chi connectivity index (χ2n) is 4.83. The van der Waals surface area contributed by atoms with Gasteiger partial charge >= 0.3 is 0 Å². The zero-order chi connectivity index (χ0) is 12.8. The van der Waals surface area contributed by atoms with Crippen LogP contribution in [0.15, 0.2) is 53.2 Å². The van der Waals surface area contributed by atoms with Gasteiger partial charge in [-0.25, -0.2) is 0 Å². The van der Waals surface area contributed by atoms with Gasteiger partial charge in [0, 0.05) is 50.5 Å². The largest absolute Gasteiger partial charge is 0.513 e. The zero-order valence-electron chi connectivity index (χ0n) is 11.0. The first-order valence-electron chi connectivity index (χ1n) is 6.30. The van der Waals surface area contributed by atoms with Gasteiger partial charge in [-0.3, -0.25) is 0 Å². The van der Waals surface area contributed by atoms with Crippen LogP contribution in [0, 0.1) is 6.07 Å². The van der Waals surface area contributed by atoms with Crippen LogP contribution >= 0.6 is 0 Å². The van der Waals surface area contributed by atoms with E-state index in [0.29, 0.717) is 0 Å². The maximum atomic E-state index is 6.01. The van der Waals surface area contributed by atoms with Gasteiger partial charge in [0.2, 0.25) is 0 Å². The molecule has 0 spiro atoms. The van der Waals surface area contributed by atoms with Crippen LogP contribution in [0.2, 0.25) is 0 Å². The maximum absolute atomic E-state index is 6.01. The minimum atomic E-state index is 0. The monoisotopic (exact) mass is 442 g/mol. The molecule has 1 aromatic heterocycles. The van der Waals surface area contributed by atoms with Crippen LogP contribution in [0.3, 0.4) is 0 Å². The number of hydrogen-bond acceptors (Lipinski definition) is 3. The molecule has 2 heterocycles. The number of rotatable bonds is 1. The fraction of sp³-hybridized carbons (Fsp3) is 0.125. The fourth-order valence-electron chi connectivity index (χ4n) is 2.56. The number of benzene rings is 2. The summed E-state index contributed by atoms with van der Waals surface area (Å²) >= 11 is 0. The molecule has 4 heteroatoms. The topological polar surface area (TPSA) is 19.6 Å². The van der Waals surface area contributed by atoms with Crippen molar-refractivity contribution in [1.29, 1.82) is 0 Å². The number of nitrogens with zero attached hydrogens (tertiary/aromatic N) is 2. The third kappa shape index (κ3) is 1.92. The molecule has 1 aliphatic heterocycles. The van der Waals surface area contributed by atoms with Gasteiger partial charge in [0.05, 0.1) is 6.67 Å². The minimum absolute atomic E-state index is 0. The summed E-state index contributed by atoms with van der Waals surface area (Å²) in [7, 11) is 2.05. The van der Waals surface area contributed by atoms with Crippen LogP contribution in [-0.4, -0.2) is 18.6 Å². The third-order valence-electron chi connectivity index (χ3n) is 3.48. The summed E-state index contributed by atoms with van der Waals surface area (Å²) in [5.74, 6) is 0. The van der Waals surface area contributed by atoms with E-state index in [1.165, 1.54) is 0 Å². The van der Waals surface area contributed by atoms with Crippen molar-refractivity contribution < 1.29 is 24.5 Å². The first kappa shape index (κ1) is 13.2. The smallest absolute Gasteiger partial charge is 0.116 e. The minimum Gasteiger partial charge on any atom is -0.513 e. The number of furan rings is 1. The Morgan fingerprint density at radius 3 is 2.75 bits per heavy atom. The Hall–Kier alpha value is -1.77. The Morgan fingerprint density at radius 1 is 1.10 bits per heavy atom. The van der Waals surface area contributed by atoms with E-state index in [9.17, 15) is 0 Å². The van der Waals surface area contributed by atoms with Crippen molar-refractivity contribution in [2.24, 2.45) is 0 Å². The summed E-state index contributed by atoms with van der Waals surface area (Å²) in [5, 5.41) is 2.30. The Balaban J connectivity index is 0.00000121. The van der Waals surface area contributed by atoms with Crippen LogP contribution < -0.4 is 4.90 Å². The van der Waals surface area contributed by atoms with Crippen molar-refractivity contribution in [3.05, 3.63) is 54.9 Å². The molecule has 0 aliphatic carbocycles. The number of anilines is 1. The van der Waals surface area contributed by atoms with Gasteiger partial charge in [-0.15, -0.1) is 0 Å². The molecular formula is C16H13IrN2O-. The summed E-state index contributed by atoms with van der Waals surface area (Å²) in [4.78, 5) is 4.26. The zero-order valence-corrected chi connectivity index (χ0v) is 13.4.